The van der Waals surface area contributed by atoms with Crippen molar-refractivity contribution in [3.8, 4) is 0 Å². The van der Waals surface area contributed by atoms with Gasteiger partial charge >= 0.3 is 0 Å². The zero-order chi connectivity index (χ0) is 12.9. The van der Waals surface area contributed by atoms with E-state index in [2.05, 4.69) is 41.9 Å². The fourth-order valence-corrected chi connectivity index (χ4v) is 4.98. The summed E-state index contributed by atoms with van der Waals surface area (Å²) in [4.78, 5) is 0. The molecule has 4 unspecified atom stereocenters. The van der Waals surface area contributed by atoms with Gasteiger partial charge in [-0.1, -0.05) is 28.4 Å². The standard InChI is InChI=1S/C16H20BrCl/c1-9-6-15(17)10(2)5-13(9)16(18)14-8-11-3-4-12(14)7-11/h5-6,11-12,14,16H,3-4,7-8H2,1-2H3. The average Bonchev–Trinajstić information content (AvgIpc) is 2.95. The zero-order valence-corrected chi connectivity index (χ0v) is 13.4. The van der Waals surface area contributed by atoms with Crippen molar-refractivity contribution in [2.75, 3.05) is 0 Å². The molecule has 2 heteroatoms. The van der Waals surface area contributed by atoms with Crippen molar-refractivity contribution < 1.29 is 0 Å². The molecule has 4 atom stereocenters. The van der Waals surface area contributed by atoms with E-state index >= 15 is 0 Å². The summed E-state index contributed by atoms with van der Waals surface area (Å²) in [6.45, 7) is 4.33. The molecule has 0 aromatic heterocycles. The van der Waals surface area contributed by atoms with Gasteiger partial charge in [-0.2, -0.15) is 0 Å². The molecular weight excluding hydrogens is 308 g/mol. The van der Waals surface area contributed by atoms with Crippen molar-refractivity contribution >= 4 is 27.5 Å². The Bertz CT molecular complexity index is 468. The van der Waals surface area contributed by atoms with Gasteiger partial charge in [0.2, 0.25) is 0 Å². The zero-order valence-electron chi connectivity index (χ0n) is 11.0. The van der Waals surface area contributed by atoms with Gasteiger partial charge in [0.15, 0.2) is 0 Å². The molecule has 0 heterocycles. The lowest BCUT2D eigenvalue weighted by Crippen LogP contribution is -2.16. The highest BCUT2D eigenvalue weighted by Gasteiger charge is 2.43. The molecule has 0 saturated heterocycles. The first kappa shape index (κ1) is 13.0. The molecule has 0 N–H and O–H groups in total. The summed E-state index contributed by atoms with van der Waals surface area (Å²) < 4.78 is 1.19. The first-order valence-electron chi connectivity index (χ1n) is 6.97. The van der Waals surface area contributed by atoms with Crippen molar-refractivity contribution in [1.82, 2.24) is 0 Å². The van der Waals surface area contributed by atoms with Crippen LogP contribution in [-0.4, -0.2) is 0 Å². The van der Waals surface area contributed by atoms with Crippen LogP contribution in [0.25, 0.3) is 0 Å². The Morgan fingerprint density at radius 1 is 1.17 bits per heavy atom. The monoisotopic (exact) mass is 326 g/mol. The van der Waals surface area contributed by atoms with Crippen LogP contribution in [0.3, 0.4) is 0 Å². The number of halogens is 2. The number of hydrogen-bond donors (Lipinski definition) is 0. The molecule has 0 amide bonds. The Balaban J connectivity index is 1.88. The second-order valence-electron chi connectivity index (χ2n) is 6.20. The van der Waals surface area contributed by atoms with Crippen LogP contribution < -0.4 is 0 Å². The van der Waals surface area contributed by atoms with Crippen molar-refractivity contribution in [3.05, 3.63) is 33.3 Å². The summed E-state index contributed by atoms with van der Waals surface area (Å²) >= 11 is 10.4. The third-order valence-corrected chi connectivity index (χ3v) is 6.43. The predicted octanol–water partition coefficient (Wildman–Crippen LogP) is 5.78. The van der Waals surface area contributed by atoms with E-state index in [-0.39, 0.29) is 5.38 Å². The van der Waals surface area contributed by atoms with E-state index in [1.54, 1.807) is 0 Å². The van der Waals surface area contributed by atoms with Crippen molar-refractivity contribution in [2.45, 2.75) is 44.9 Å². The van der Waals surface area contributed by atoms with Gasteiger partial charge in [-0.25, -0.2) is 0 Å². The molecule has 3 rings (SSSR count). The highest BCUT2D eigenvalue weighted by atomic mass is 79.9. The minimum atomic E-state index is 0.215. The second-order valence-corrected chi connectivity index (χ2v) is 7.52. The van der Waals surface area contributed by atoms with Gasteiger partial charge in [-0.15, -0.1) is 11.6 Å². The van der Waals surface area contributed by atoms with Crippen LogP contribution >= 0.6 is 27.5 Å². The van der Waals surface area contributed by atoms with E-state index in [0.29, 0.717) is 5.92 Å². The Kier molecular flexibility index (Phi) is 3.49. The number of aryl methyl sites for hydroxylation is 2. The largest absolute Gasteiger partial charge is 0.118 e. The van der Waals surface area contributed by atoms with Crippen LogP contribution in [0.15, 0.2) is 16.6 Å². The van der Waals surface area contributed by atoms with Crippen LogP contribution in [0, 0.1) is 31.6 Å². The van der Waals surface area contributed by atoms with Crippen LogP contribution in [0.4, 0.5) is 0 Å². The van der Waals surface area contributed by atoms with E-state index in [9.17, 15) is 0 Å². The predicted molar refractivity (Wildman–Crippen MR) is 81.1 cm³/mol. The van der Waals surface area contributed by atoms with Gasteiger partial charge in [-0.3, -0.25) is 0 Å². The number of hydrogen-bond acceptors (Lipinski definition) is 0. The highest BCUT2D eigenvalue weighted by Crippen LogP contribution is 2.54. The summed E-state index contributed by atoms with van der Waals surface area (Å²) in [5.74, 6) is 2.57. The van der Waals surface area contributed by atoms with E-state index < -0.39 is 0 Å². The summed E-state index contributed by atoms with van der Waals surface area (Å²) in [6.07, 6.45) is 5.64. The maximum absolute atomic E-state index is 6.82. The van der Waals surface area contributed by atoms with Gasteiger partial charge in [0.1, 0.15) is 0 Å². The van der Waals surface area contributed by atoms with Crippen molar-refractivity contribution in [2.24, 2.45) is 17.8 Å². The van der Waals surface area contributed by atoms with E-state index in [4.69, 9.17) is 11.6 Å². The molecular formula is C16H20BrCl. The van der Waals surface area contributed by atoms with E-state index in [1.807, 2.05) is 0 Å². The number of fused-ring (bicyclic) bond motifs is 2. The average molecular weight is 328 g/mol. The van der Waals surface area contributed by atoms with Crippen LogP contribution in [-0.2, 0) is 0 Å². The Morgan fingerprint density at radius 2 is 1.94 bits per heavy atom. The van der Waals surface area contributed by atoms with E-state index in [1.165, 1.54) is 46.8 Å². The molecule has 2 bridgehead atoms. The number of alkyl halides is 1. The molecule has 2 aliphatic rings. The Morgan fingerprint density at radius 3 is 2.56 bits per heavy atom. The lowest BCUT2D eigenvalue weighted by Gasteiger charge is -2.28. The van der Waals surface area contributed by atoms with Crippen molar-refractivity contribution in [3.63, 3.8) is 0 Å². The lowest BCUT2D eigenvalue weighted by molar-refractivity contribution is 0.323. The van der Waals surface area contributed by atoms with Gasteiger partial charge in [0.05, 0.1) is 5.38 Å². The third-order valence-electron chi connectivity index (χ3n) is 5.01. The van der Waals surface area contributed by atoms with Gasteiger partial charge < -0.3 is 0 Å². The normalized spacial score (nSPS) is 31.9. The summed E-state index contributed by atoms with van der Waals surface area (Å²) in [5, 5.41) is 0.215. The fraction of sp³-hybridized carbons (Fsp3) is 0.625. The minimum absolute atomic E-state index is 0.215. The van der Waals surface area contributed by atoms with Crippen LogP contribution in [0.5, 0.6) is 0 Å². The van der Waals surface area contributed by atoms with Crippen LogP contribution in [0.2, 0.25) is 0 Å². The number of rotatable bonds is 2. The lowest BCUT2D eigenvalue weighted by atomic mass is 9.82. The maximum atomic E-state index is 6.82. The second kappa shape index (κ2) is 4.83. The summed E-state index contributed by atoms with van der Waals surface area (Å²) in [6, 6.07) is 4.50. The van der Waals surface area contributed by atoms with Gasteiger partial charge in [0.25, 0.3) is 0 Å². The SMILES string of the molecule is Cc1cc(C(Cl)C2CC3CCC2C3)c(C)cc1Br. The Hall–Kier alpha value is -0.0100. The summed E-state index contributed by atoms with van der Waals surface area (Å²) in [5.41, 5.74) is 3.98. The molecule has 18 heavy (non-hydrogen) atoms. The van der Waals surface area contributed by atoms with Crippen LogP contribution in [0.1, 0.15) is 47.8 Å². The fourth-order valence-electron chi connectivity index (χ4n) is 3.98. The molecule has 1 aromatic rings. The molecule has 98 valence electrons. The van der Waals surface area contributed by atoms with Gasteiger partial charge in [0, 0.05) is 4.47 Å². The molecule has 0 spiro atoms. The molecule has 2 fully saturated rings. The first-order valence-corrected chi connectivity index (χ1v) is 8.20. The van der Waals surface area contributed by atoms with Gasteiger partial charge in [-0.05, 0) is 73.6 Å². The first-order chi connectivity index (χ1) is 8.56. The smallest absolute Gasteiger partial charge is 0.0618 e. The molecule has 0 nitrogen and oxygen atoms in total. The third kappa shape index (κ3) is 2.14. The molecule has 2 aliphatic carbocycles. The minimum Gasteiger partial charge on any atom is -0.118 e. The maximum Gasteiger partial charge on any atom is 0.0618 e. The molecule has 2 saturated carbocycles. The highest BCUT2D eigenvalue weighted by molar-refractivity contribution is 9.10. The topological polar surface area (TPSA) is 0 Å². The molecule has 0 radical (unpaired) electrons. The summed E-state index contributed by atoms with van der Waals surface area (Å²) in [7, 11) is 0. The molecule has 0 aliphatic heterocycles. The van der Waals surface area contributed by atoms with E-state index in [0.717, 1.165) is 11.8 Å². The number of benzene rings is 1. The quantitative estimate of drug-likeness (QED) is 0.604. The Labute approximate surface area is 123 Å². The van der Waals surface area contributed by atoms with Crippen molar-refractivity contribution in [1.29, 1.82) is 0 Å². The molecule has 1 aromatic carbocycles.